The average molecular weight is 238 g/mol. The van der Waals surface area contributed by atoms with Crippen molar-refractivity contribution in [3.8, 4) is 0 Å². The van der Waals surface area contributed by atoms with E-state index in [4.69, 9.17) is 0 Å². The summed E-state index contributed by atoms with van der Waals surface area (Å²) in [5.41, 5.74) is 2.61. The molecule has 0 aliphatic heterocycles. The number of hydrogen-bond donors (Lipinski definition) is 1. The molecule has 0 radical (unpaired) electrons. The van der Waals surface area contributed by atoms with E-state index in [1.807, 2.05) is 12.1 Å². The maximum atomic E-state index is 10.3. The van der Waals surface area contributed by atoms with Crippen LogP contribution in [0.2, 0.25) is 0 Å². The van der Waals surface area contributed by atoms with Gasteiger partial charge in [0.15, 0.2) is 0 Å². The second-order valence-electron chi connectivity index (χ2n) is 5.10. The van der Waals surface area contributed by atoms with Crippen molar-refractivity contribution >= 4 is 0 Å². The standard InChI is InChI=1S/C17H18O/c18-16-12-11-15(13-7-3-1-4-8-13)17(16)14-9-5-2-6-10-14/h1-10,15-18H,11-12H2. The highest BCUT2D eigenvalue weighted by molar-refractivity contribution is 5.31. The van der Waals surface area contributed by atoms with Gasteiger partial charge in [-0.3, -0.25) is 0 Å². The lowest BCUT2D eigenvalue weighted by molar-refractivity contribution is 0.160. The van der Waals surface area contributed by atoms with Gasteiger partial charge in [-0.1, -0.05) is 60.7 Å². The van der Waals surface area contributed by atoms with Gasteiger partial charge < -0.3 is 5.11 Å². The molecule has 1 saturated carbocycles. The van der Waals surface area contributed by atoms with Crippen LogP contribution in [-0.4, -0.2) is 11.2 Å². The number of aliphatic hydroxyl groups is 1. The highest BCUT2D eigenvalue weighted by Gasteiger charge is 2.36. The van der Waals surface area contributed by atoms with Crippen molar-refractivity contribution in [2.24, 2.45) is 0 Å². The van der Waals surface area contributed by atoms with Crippen molar-refractivity contribution in [2.45, 2.75) is 30.8 Å². The molecule has 0 saturated heterocycles. The summed E-state index contributed by atoms with van der Waals surface area (Å²) in [5.74, 6) is 0.692. The number of aliphatic hydroxyl groups excluding tert-OH is 1. The lowest BCUT2D eigenvalue weighted by Gasteiger charge is -2.23. The molecular formula is C17H18O. The Hall–Kier alpha value is -1.60. The van der Waals surface area contributed by atoms with Crippen LogP contribution in [0, 0.1) is 0 Å². The summed E-state index contributed by atoms with van der Waals surface area (Å²) in [7, 11) is 0. The molecule has 1 aliphatic carbocycles. The largest absolute Gasteiger partial charge is 0.392 e. The molecule has 0 bridgehead atoms. The van der Waals surface area contributed by atoms with Crippen molar-refractivity contribution in [3.05, 3.63) is 71.8 Å². The molecule has 3 rings (SSSR count). The second kappa shape index (κ2) is 4.95. The van der Waals surface area contributed by atoms with E-state index in [1.165, 1.54) is 11.1 Å². The Morgan fingerprint density at radius 2 is 1.28 bits per heavy atom. The fourth-order valence-corrected chi connectivity index (χ4v) is 3.18. The van der Waals surface area contributed by atoms with E-state index in [1.54, 1.807) is 0 Å². The molecule has 3 unspecified atom stereocenters. The summed E-state index contributed by atoms with van der Waals surface area (Å²) in [6.45, 7) is 0. The minimum Gasteiger partial charge on any atom is -0.392 e. The molecule has 3 atom stereocenters. The minimum absolute atomic E-state index is 0.211. The highest BCUT2D eigenvalue weighted by atomic mass is 16.3. The molecule has 0 heterocycles. The highest BCUT2D eigenvalue weighted by Crippen LogP contribution is 2.45. The Balaban J connectivity index is 1.96. The number of rotatable bonds is 2. The molecule has 92 valence electrons. The van der Waals surface area contributed by atoms with E-state index in [-0.39, 0.29) is 12.0 Å². The Bertz CT molecular complexity index is 492. The first-order chi connectivity index (χ1) is 8.86. The predicted molar refractivity (Wildman–Crippen MR) is 73.6 cm³/mol. The maximum absolute atomic E-state index is 10.3. The summed E-state index contributed by atoms with van der Waals surface area (Å²) in [6.07, 6.45) is 1.77. The fourth-order valence-electron chi connectivity index (χ4n) is 3.18. The van der Waals surface area contributed by atoms with Crippen LogP contribution in [-0.2, 0) is 0 Å². The van der Waals surface area contributed by atoms with Crippen LogP contribution in [0.1, 0.15) is 35.8 Å². The van der Waals surface area contributed by atoms with Gasteiger partial charge in [-0.05, 0) is 29.9 Å². The van der Waals surface area contributed by atoms with E-state index in [0.29, 0.717) is 5.92 Å². The maximum Gasteiger partial charge on any atom is 0.0614 e. The number of hydrogen-bond acceptors (Lipinski definition) is 1. The van der Waals surface area contributed by atoms with Gasteiger partial charge in [0.05, 0.1) is 6.10 Å². The summed E-state index contributed by atoms with van der Waals surface area (Å²) < 4.78 is 0. The van der Waals surface area contributed by atoms with Gasteiger partial charge in [-0.15, -0.1) is 0 Å². The Morgan fingerprint density at radius 3 is 1.89 bits per heavy atom. The monoisotopic (exact) mass is 238 g/mol. The summed E-state index contributed by atoms with van der Waals surface area (Å²) in [4.78, 5) is 0. The molecule has 1 heteroatoms. The zero-order valence-corrected chi connectivity index (χ0v) is 10.4. The van der Waals surface area contributed by atoms with Crippen molar-refractivity contribution in [3.63, 3.8) is 0 Å². The molecule has 1 N–H and O–H groups in total. The minimum atomic E-state index is -0.211. The Labute approximate surface area is 108 Å². The van der Waals surface area contributed by atoms with Gasteiger partial charge in [-0.2, -0.15) is 0 Å². The van der Waals surface area contributed by atoms with Gasteiger partial charge in [-0.25, -0.2) is 0 Å². The van der Waals surface area contributed by atoms with Gasteiger partial charge >= 0.3 is 0 Å². The van der Waals surface area contributed by atoms with E-state index in [0.717, 1.165) is 12.8 Å². The van der Waals surface area contributed by atoms with Crippen molar-refractivity contribution in [2.75, 3.05) is 0 Å². The van der Waals surface area contributed by atoms with Crippen LogP contribution in [0.25, 0.3) is 0 Å². The number of benzene rings is 2. The normalized spacial score (nSPS) is 27.3. The molecule has 2 aromatic rings. The van der Waals surface area contributed by atoms with E-state index in [9.17, 15) is 5.11 Å². The summed E-state index contributed by atoms with van der Waals surface area (Å²) >= 11 is 0. The molecule has 1 aliphatic rings. The Morgan fingerprint density at radius 1 is 0.722 bits per heavy atom. The van der Waals surface area contributed by atoms with Crippen LogP contribution < -0.4 is 0 Å². The van der Waals surface area contributed by atoms with Gasteiger partial charge in [0, 0.05) is 5.92 Å². The van der Waals surface area contributed by atoms with Gasteiger partial charge in [0.2, 0.25) is 0 Å². The van der Waals surface area contributed by atoms with Crippen LogP contribution in [0.15, 0.2) is 60.7 Å². The molecule has 0 amide bonds. The van der Waals surface area contributed by atoms with Crippen LogP contribution in [0.5, 0.6) is 0 Å². The first kappa shape index (κ1) is 11.5. The van der Waals surface area contributed by atoms with Gasteiger partial charge in [0.25, 0.3) is 0 Å². The van der Waals surface area contributed by atoms with E-state index >= 15 is 0 Å². The molecule has 2 aromatic carbocycles. The lowest BCUT2D eigenvalue weighted by atomic mass is 9.83. The van der Waals surface area contributed by atoms with Crippen LogP contribution in [0.3, 0.4) is 0 Å². The zero-order chi connectivity index (χ0) is 12.4. The van der Waals surface area contributed by atoms with E-state index in [2.05, 4.69) is 48.5 Å². The van der Waals surface area contributed by atoms with Crippen molar-refractivity contribution in [1.82, 2.24) is 0 Å². The zero-order valence-electron chi connectivity index (χ0n) is 10.4. The lowest BCUT2D eigenvalue weighted by Crippen LogP contribution is -2.15. The first-order valence-corrected chi connectivity index (χ1v) is 6.64. The molecular weight excluding hydrogens is 220 g/mol. The SMILES string of the molecule is OC1CCC(c2ccccc2)C1c1ccccc1. The fraction of sp³-hybridized carbons (Fsp3) is 0.294. The molecule has 1 nitrogen and oxygen atoms in total. The van der Waals surface area contributed by atoms with E-state index < -0.39 is 0 Å². The summed E-state index contributed by atoms with van der Waals surface area (Å²) in [5, 5.41) is 10.3. The first-order valence-electron chi connectivity index (χ1n) is 6.64. The molecule has 18 heavy (non-hydrogen) atoms. The molecule has 0 aromatic heterocycles. The topological polar surface area (TPSA) is 20.2 Å². The van der Waals surface area contributed by atoms with Crippen LogP contribution >= 0.6 is 0 Å². The molecule has 1 fully saturated rings. The smallest absolute Gasteiger partial charge is 0.0614 e. The van der Waals surface area contributed by atoms with Crippen molar-refractivity contribution in [1.29, 1.82) is 0 Å². The third kappa shape index (κ3) is 2.06. The quantitative estimate of drug-likeness (QED) is 0.845. The predicted octanol–water partition coefficient (Wildman–Crippen LogP) is 3.71. The second-order valence-corrected chi connectivity index (χ2v) is 5.10. The Kier molecular flexibility index (Phi) is 3.16. The molecule has 0 spiro atoms. The van der Waals surface area contributed by atoms with Crippen LogP contribution in [0.4, 0.5) is 0 Å². The third-order valence-electron chi connectivity index (χ3n) is 4.03. The third-order valence-corrected chi connectivity index (χ3v) is 4.03. The average Bonchev–Trinajstić information content (AvgIpc) is 2.83. The van der Waals surface area contributed by atoms with Gasteiger partial charge in [0.1, 0.15) is 0 Å². The van der Waals surface area contributed by atoms with Crippen molar-refractivity contribution < 1.29 is 5.11 Å². The summed E-state index contributed by atoms with van der Waals surface area (Å²) in [6, 6.07) is 21.0.